The molecule has 1 saturated heterocycles. The fourth-order valence-electron chi connectivity index (χ4n) is 3.15. The molecule has 0 aliphatic carbocycles. The van der Waals surface area contributed by atoms with Gasteiger partial charge in [0.05, 0.1) is 28.9 Å². The number of alkyl halides is 3. The third kappa shape index (κ3) is 18.3. The second kappa shape index (κ2) is 20.9. The number of nitrogens with zero attached hydrogens (tertiary/aromatic N) is 2. The van der Waals surface area contributed by atoms with Crippen molar-refractivity contribution in [2.24, 2.45) is 17.1 Å². The molecule has 0 aromatic heterocycles. The van der Waals surface area contributed by atoms with Crippen molar-refractivity contribution in [1.29, 1.82) is 5.26 Å². The summed E-state index contributed by atoms with van der Waals surface area (Å²) in [4.78, 5) is 41.7. The minimum atomic E-state index is -4.54. The van der Waals surface area contributed by atoms with Gasteiger partial charge in [0, 0.05) is 32.1 Å². The first-order chi connectivity index (χ1) is 20.0. The van der Waals surface area contributed by atoms with E-state index in [-0.39, 0.29) is 23.4 Å². The number of anilines is 2. The summed E-state index contributed by atoms with van der Waals surface area (Å²) in [7, 11) is 1.91. The molecule has 0 spiro atoms. The molecule has 0 bridgehead atoms. The number of halogens is 4. The summed E-state index contributed by atoms with van der Waals surface area (Å²) >= 11 is 5.56. The summed E-state index contributed by atoms with van der Waals surface area (Å²) in [5.74, 6) is -1.08. The molecule has 1 aliphatic rings. The number of hydrogen-bond donors (Lipinski definition) is 3. The van der Waals surface area contributed by atoms with E-state index in [0.29, 0.717) is 18.4 Å². The van der Waals surface area contributed by atoms with Gasteiger partial charge in [-0.3, -0.25) is 9.59 Å². The fourth-order valence-corrected chi connectivity index (χ4v) is 3.37. The zero-order chi connectivity index (χ0) is 33.8. The number of nitrogens with two attached hydrogens (primary N) is 1. The third-order valence-corrected chi connectivity index (χ3v) is 5.17. The van der Waals surface area contributed by atoms with E-state index >= 15 is 0 Å². The number of carbonyl (C=O) groups is 4. The van der Waals surface area contributed by atoms with Gasteiger partial charge in [0.25, 0.3) is 0 Å². The molecule has 13 heteroatoms. The molecule has 0 saturated carbocycles. The Morgan fingerprint density at radius 3 is 2.02 bits per heavy atom. The van der Waals surface area contributed by atoms with Crippen LogP contribution in [0.3, 0.4) is 0 Å². The smallest absolute Gasteiger partial charge is 0.388 e. The lowest BCUT2D eigenvalue weighted by atomic mass is 10.0. The van der Waals surface area contributed by atoms with Gasteiger partial charge in [-0.2, -0.15) is 18.4 Å². The lowest BCUT2D eigenvalue weighted by Gasteiger charge is -2.17. The number of nitrogens with one attached hydrogen (secondary N) is 2. The van der Waals surface area contributed by atoms with Crippen molar-refractivity contribution < 1.29 is 32.3 Å². The van der Waals surface area contributed by atoms with Crippen LogP contribution in [-0.2, 0) is 25.4 Å². The molecule has 1 aliphatic heterocycles. The molecule has 2 amide bonds. The highest BCUT2D eigenvalue weighted by molar-refractivity contribution is 6.33. The van der Waals surface area contributed by atoms with Crippen LogP contribution < -0.4 is 16.4 Å². The van der Waals surface area contributed by atoms with E-state index in [2.05, 4.69) is 38.3 Å². The summed E-state index contributed by atoms with van der Waals surface area (Å²) in [5, 5.41) is 13.6. The topological polar surface area (TPSA) is 145 Å². The van der Waals surface area contributed by atoms with Crippen molar-refractivity contribution in [1.82, 2.24) is 4.90 Å². The molecule has 4 N–H and O–H groups in total. The summed E-state index contributed by atoms with van der Waals surface area (Å²) in [6.07, 6.45) is -3.32. The Balaban J connectivity index is 0. The van der Waals surface area contributed by atoms with Crippen LogP contribution in [0.25, 0.3) is 0 Å². The molecule has 1 fully saturated rings. The van der Waals surface area contributed by atoms with Gasteiger partial charge in [0.1, 0.15) is 19.1 Å². The van der Waals surface area contributed by atoms with Crippen molar-refractivity contribution in [2.45, 2.75) is 53.3 Å². The van der Waals surface area contributed by atoms with Crippen LogP contribution in [0.15, 0.2) is 48.5 Å². The zero-order valence-corrected chi connectivity index (χ0v) is 26.1. The lowest BCUT2D eigenvalue weighted by molar-refractivity contribution is -0.137. The molecule has 3 rings (SSSR count). The first kappa shape index (κ1) is 41.2. The normalized spacial score (nSPS) is 15.2. The van der Waals surface area contributed by atoms with Gasteiger partial charge in [-0.1, -0.05) is 63.6 Å². The maximum atomic E-state index is 12.5. The van der Waals surface area contributed by atoms with E-state index in [9.17, 15) is 27.6 Å². The zero-order valence-electron chi connectivity index (χ0n) is 25.3. The predicted molar refractivity (Wildman–Crippen MR) is 163 cm³/mol. The van der Waals surface area contributed by atoms with Crippen LogP contribution in [0.1, 0.15) is 46.6 Å². The van der Waals surface area contributed by atoms with Crippen LogP contribution in [0.2, 0.25) is 5.02 Å². The Bertz CT molecular complexity index is 1160. The van der Waals surface area contributed by atoms with Gasteiger partial charge in [-0.25, -0.2) is 0 Å². The van der Waals surface area contributed by atoms with Crippen LogP contribution in [0.5, 0.6) is 0 Å². The first-order valence-corrected chi connectivity index (χ1v) is 13.4. The molecule has 1 heterocycles. The van der Waals surface area contributed by atoms with Gasteiger partial charge in [-0.05, 0) is 36.1 Å². The second-order valence-corrected chi connectivity index (χ2v) is 10.9. The van der Waals surface area contributed by atoms with Gasteiger partial charge in [0.15, 0.2) is 0 Å². The van der Waals surface area contributed by atoms with E-state index in [1.807, 2.05) is 50.2 Å². The van der Waals surface area contributed by atoms with Gasteiger partial charge >= 0.3 is 6.18 Å². The Labute approximate surface area is 256 Å². The Kier molecular flexibility index (Phi) is 20.0. The highest BCUT2D eigenvalue weighted by Gasteiger charge is 2.35. The molecule has 43 heavy (non-hydrogen) atoms. The Hall–Kier alpha value is -3.95. The maximum Gasteiger partial charge on any atom is 0.418 e. The van der Waals surface area contributed by atoms with Crippen molar-refractivity contribution in [3.8, 4) is 6.07 Å². The number of benzene rings is 2. The van der Waals surface area contributed by atoms with Gasteiger partial charge in [0.2, 0.25) is 11.8 Å². The van der Waals surface area contributed by atoms with E-state index in [4.69, 9.17) is 27.4 Å². The monoisotopic (exact) mass is 627 g/mol. The SMILES string of the molecule is C=O.CC(=O)Nc1c(Cl)cccc1C(F)(F)F.CC(C)(C)C.CNc1ccccc1.N#CC1CC(C=O)CN1C(=O)CN. The number of likely N-dealkylation sites (tertiary alicyclic amines) is 1. The molecule has 2 atom stereocenters. The Morgan fingerprint density at radius 1 is 1.12 bits per heavy atom. The highest BCUT2D eigenvalue weighted by atomic mass is 35.5. The molecule has 2 aromatic carbocycles. The number of nitriles is 1. The number of amides is 2. The minimum Gasteiger partial charge on any atom is -0.388 e. The quantitative estimate of drug-likeness (QED) is 0.363. The Morgan fingerprint density at radius 2 is 1.65 bits per heavy atom. The second-order valence-electron chi connectivity index (χ2n) is 10.5. The average Bonchev–Trinajstić information content (AvgIpc) is 3.38. The molecule has 2 aromatic rings. The standard InChI is InChI=1S/C9H7ClF3NO.C8H11N3O2.C7H9N.C5H12.CH2O/c1-5(15)14-8-6(9(11,12)13)3-2-4-7(8)10;9-2-7-1-6(5-12)4-11(7)8(13)3-10;1-8-7-5-3-2-4-6-7;1-5(2,3)4;1-2/h2-4H,1H3,(H,14,15);5-7H,1,3-4,10H2;2-6,8H,1H3;1-4H3;1H2. The van der Waals surface area contributed by atoms with Crippen LogP contribution in [0.4, 0.5) is 24.5 Å². The fraction of sp³-hybridized carbons (Fsp3) is 0.433. The van der Waals surface area contributed by atoms with Gasteiger partial charge < -0.3 is 30.9 Å². The summed E-state index contributed by atoms with van der Waals surface area (Å²) in [5.41, 5.74) is 5.47. The number of carbonyl (C=O) groups excluding carboxylic acids is 4. The number of aldehydes is 1. The van der Waals surface area contributed by atoms with Crippen molar-refractivity contribution in [3.63, 3.8) is 0 Å². The summed E-state index contributed by atoms with van der Waals surface area (Å²) in [6, 6.07) is 14.9. The average molecular weight is 628 g/mol. The molecule has 238 valence electrons. The molecule has 9 nitrogen and oxygen atoms in total. The summed E-state index contributed by atoms with van der Waals surface area (Å²) < 4.78 is 37.4. The highest BCUT2D eigenvalue weighted by Crippen LogP contribution is 2.38. The molecule has 0 radical (unpaired) electrons. The molecule has 2 unspecified atom stereocenters. The van der Waals surface area contributed by atoms with Crippen LogP contribution >= 0.6 is 11.6 Å². The van der Waals surface area contributed by atoms with Crippen molar-refractivity contribution in [3.05, 3.63) is 59.1 Å². The number of para-hydroxylation sites is 2. The number of hydrogen-bond acceptors (Lipinski definition) is 7. The largest absolute Gasteiger partial charge is 0.418 e. The van der Waals surface area contributed by atoms with E-state index in [1.54, 1.807) is 0 Å². The van der Waals surface area contributed by atoms with Gasteiger partial charge in [-0.15, -0.1) is 0 Å². The molecular weight excluding hydrogens is 587 g/mol. The van der Waals surface area contributed by atoms with Crippen LogP contribution in [0, 0.1) is 22.7 Å². The molecular formula is C30H41ClF3N5O4. The number of rotatable bonds is 4. The predicted octanol–water partition coefficient (Wildman–Crippen LogP) is 5.80. The lowest BCUT2D eigenvalue weighted by Crippen LogP contribution is -2.39. The van der Waals surface area contributed by atoms with E-state index < -0.39 is 29.4 Å². The van der Waals surface area contributed by atoms with Crippen molar-refractivity contribution >= 4 is 47.9 Å². The van der Waals surface area contributed by atoms with Crippen LogP contribution in [-0.4, -0.2) is 56.0 Å². The van der Waals surface area contributed by atoms with Crippen molar-refractivity contribution in [2.75, 3.05) is 30.8 Å². The summed E-state index contributed by atoms with van der Waals surface area (Å²) in [6.45, 7) is 12.1. The van der Waals surface area contributed by atoms with E-state index in [0.717, 1.165) is 25.0 Å². The first-order valence-electron chi connectivity index (χ1n) is 13.0. The third-order valence-electron chi connectivity index (χ3n) is 4.85. The minimum absolute atomic E-state index is 0.107. The maximum absolute atomic E-state index is 12.5. The van der Waals surface area contributed by atoms with E-state index in [1.165, 1.54) is 17.0 Å².